The summed E-state index contributed by atoms with van der Waals surface area (Å²) < 4.78 is 87.5. The lowest BCUT2D eigenvalue weighted by Crippen LogP contribution is -2.56. The van der Waals surface area contributed by atoms with Crippen LogP contribution in [-0.2, 0) is 10.1 Å². The third-order valence-electron chi connectivity index (χ3n) is 7.92. The molecule has 168 valence electrons. The third kappa shape index (κ3) is 2.37. The fourth-order valence-corrected chi connectivity index (χ4v) is 7.91. The van der Waals surface area contributed by atoms with Crippen LogP contribution in [0.3, 0.4) is 0 Å². The Labute approximate surface area is 169 Å². The number of hydrogen-bond acceptors (Lipinski definition) is 6. The van der Waals surface area contributed by atoms with Crippen molar-refractivity contribution in [3.05, 3.63) is 12.1 Å². The topological polar surface area (TPSA) is 109 Å². The highest BCUT2D eigenvalue weighted by molar-refractivity contribution is 7.88. The Hall–Kier alpha value is -1.69. The highest BCUT2D eigenvalue weighted by Gasteiger charge is 2.76. The Morgan fingerprint density at radius 3 is 2.10 bits per heavy atom. The van der Waals surface area contributed by atoms with Gasteiger partial charge in [0.2, 0.25) is 11.8 Å². The molecule has 30 heavy (non-hydrogen) atoms. The van der Waals surface area contributed by atoms with Crippen LogP contribution < -0.4 is 4.28 Å². The molecule has 4 fully saturated rings. The molecule has 4 saturated carbocycles. The molecule has 0 spiro atoms. The Balaban J connectivity index is 1.42. The normalized spacial score (nSPS) is 40.2. The first kappa shape index (κ1) is 20.2. The van der Waals surface area contributed by atoms with Gasteiger partial charge in [-0.1, -0.05) is 4.73 Å². The van der Waals surface area contributed by atoms with Gasteiger partial charge in [-0.25, -0.2) is 0 Å². The van der Waals surface area contributed by atoms with Gasteiger partial charge in [0.05, 0.1) is 6.10 Å². The zero-order valence-corrected chi connectivity index (χ0v) is 16.4. The van der Waals surface area contributed by atoms with Crippen molar-refractivity contribution in [3.8, 4) is 11.8 Å². The maximum absolute atomic E-state index is 15.1. The molecule has 8 atom stereocenters. The van der Waals surface area contributed by atoms with Crippen LogP contribution in [-0.4, -0.2) is 45.7 Å². The Kier molecular flexibility index (Phi) is 4.02. The number of aliphatic hydroxyl groups excluding tert-OH is 1. The zero-order chi connectivity index (χ0) is 21.8. The molecular weight excluding hydrogens is 434 g/mol. The van der Waals surface area contributed by atoms with E-state index in [2.05, 4.69) is 4.28 Å². The van der Waals surface area contributed by atoms with Crippen molar-refractivity contribution in [3.63, 3.8) is 0 Å². The van der Waals surface area contributed by atoms with E-state index in [1.165, 1.54) is 0 Å². The number of aromatic nitrogens is 1. The summed E-state index contributed by atoms with van der Waals surface area (Å²) in [6.45, 7) is 0. The summed E-state index contributed by atoms with van der Waals surface area (Å²) in [6, 6.07) is 1.50. The largest absolute Gasteiger partial charge is 0.492 e. The fourth-order valence-electron chi connectivity index (χ4n) is 6.99. The number of rotatable bonds is 5. The molecule has 3 N–H and O–H groups in total. The molecule has 0 radical (unpaired) electrons. The van der Waals surface area contributed by atoms with Crippen LogP contribution in [0.5, 0.6) is 11.8 Å². The molecule has 4 aliphatic carbocycles. The van der Waals surface area contributed by atoms with Gasteiger partial charge in [0.15, 0.2) is 0 Å². The van der Waals surface area contributed by atoms with Crippen molar-refractivity contribution in [1.82, 2.24) is 4.73 Å². The summed E-state index contributed by atoms with van der Waals surface area (Å²) in [7, 11) is -6.26. The molecule has 0 saturated heterocycles. The van der Waals surface area contributed by atoms with Gasteiger partial charge in [-0.05, 0) is 61.2 Å². The fraction of sp³-hybridized carbons (Fsp3) is 0.778. The van der Waals surface area contributed by atoms with Gasteiger partial charge in [0, 0.05) is 18.1 Å². The Morgan fingerprint density at radius 2 is 1.47 bits per heavy atom. The van der Waals surface area contributed by atoms with Crippen molar-refractivity contribution in [2.45, 2.75) is 43.0 Å². The van der Waals surface area contributed by atoms with Crippen LogP contribution in [0.4, 0.5) is 17.6 Å². The molecule has 4 aliphatic rings. The van der Waals surface area contributed by atoms with E-state index in [0.717, 1.165) is 12.1 Å². The lowest BCUT2D eigenvalue weighted by atomic mass is 9.65. The van der Waals surface area contributed by atoms with Gasteiger partial charge in [-0.15, -0.1) is 0 Å². The van der Waals surface area contributed by atoms with Crippen LogP contribution in [0.2, 0.25) is 0 Å². The number of aliphatic hydroxyl groups is 1. The van der Waals surface area contributed by atoms with Crippen LogP contribution >= 0.6 is 0 Å². The van der Waals surface area contributed by atoms with Crippen molar-refractivity contribution in [2.24, 2.45) is 41.4 Å². The van der Waals surface area contributed by atoms with Crippen LogP contribution in [0.1, 0.15) is 25.7 Å². The first-order valence-electron chi connectivity index (χ1n) is 9.84. The van der Waals surface area contributed by atoms with Crippen LogP contribution in [0, 0.1) is 41.4 Å². The quantitative estimate of drug-likeness (QED) is 0.464. The SMILES string of the molecule is O=S(=O)(On1c(O)ccc1O)C(F)(F)C(F)(F)C1CC2CC1C1C3CC(O)C(C3)C21. The molecule has 8 unspecified atom stereocenters. The summed E-state index contributed by atoms with van der Waals surface area (Å²) in [5.41, 5.74) is 0. The molecule has 1 aromatic rings. The molecular formula is C18H21F4NO6S. The summed E-state index contributed by atoms with van der Waals surface area (Å²) in [5, 5.41) is 23.3. The average molecular weight is 455 g/mol. The van der Waals surface area contributed by atoms with Gasteiger partial charge in [-0.3, -0.25) is 4.28 Å². The summed E-state index contributed by atoms with van der Waals surface area (Å²) >= 11 is 0. The van der Waals surface area contributed by atoms with Crippen molar-refractivity contribution >= 4 is 10.1 Å². The maximum Gasteiger partial charge on any atom is 0.444 e. The molecule has 0 aromatic carbocycles. The molecule has 7 nitrogen and oxygen atoms in total. The van der Waals surface area contributed by atoms with E-state index in [0.29, 0.717) is 19.3 Å². The molecule has 12 heteroatoms. The summed E-state index contributed by atoms with van der Waals surface area (Å²) in [4.78, 5) is 0. The number of hydrogen-bond donors (Lipinski definition) is 3. The second-order valence-corrected chi connectivity index (χ2v) is 10.7. The molecule has 0 amide bonds. The second kappa shape index (κ2) is 5.96. The van der Waals surface area contributed by atoms with Gasteiger partial charge < -0.3 is 15.3 Å². The van der Waals surface area contributed by atoms with E-state index in [-0.39, 0.29) is 40.7 Å². The van der Waals surface area contributed by atoms with Crippen molar-refractivity contribution in [1.29, 1.82) is 0 Å². The van der Waals surface area contributed by atoms with Crippen molar-refractivity contribution < 1.29 is 45.6 Å². The standard InChI is InChI=1S/C18H21F4NO6S/c19-17(20,18(21,22)30(27,28)29-23-13(25)1-2-14(23)26)11-5-7-3-9(11)15-8-4-10(16(7)15)12(24)6-8/h1-2,7-12,15-16,24-26H,3-6H2. The number of halogens is 4. The molecule has 0 aliphatic heterocycles. The number of nitrogens with zero attached hydrogens (tertiary/aromatic N) is 1. The van der Waals surface area contributed by atoms with Gasteiger partial charge >= 0.3 is 21.3 Å². The van der Waals surface area contributed by atoms with E-state index in [4.69, 9.17) is 0 Å². The first-order chi connectivity index (χ1) is 13.9. The molecule has 1 heterocycles. The van der Waals surface area contributed by atoms with E-state index in [1.807, 2.05) is 0 Å². The van der Waals surface area contributed by atoms with E-state index >= 15 is 8.78 Å². The van der Waals surface area contributed by atoms with Crippen LogP contribution in [0.25, 0.3) is 0 Å². The molecule has 4 bridgehead atoms. The van der Waals surface area contributed by atoms with Gasteiger partial charge in [0.1, 0.15) is 0 Å². The summed E-state index contributed by atoms with van der Waals surface area (Å²) in [5.74, 6) is -9.97. The molecule has 5 rings (SSSR count). The Morgan fingerprint density at radius 1 is 0.933 bits per heavy atom. The van der Waals surface area contributed by atoms with E-state index in [1.54, 1.807) is 0 Å². The highest BCUT2D eigenvalue weighted by atomic mass is 32.2. The molecule has 1 aromatic heterocycles. The third-order valence-corrected chi connectivity index (χ3v) is 9.17. The lowest BCUT2D eigenvalue weighted by molar-refractivity contribution is -0.211. The van der Waals surface area contributed by atoms with Gasteiger partial charge in [0.25, 0.3) is 0 Å². The summed E-state index contributed by atoms with van der Waals surface area (Å²) in [6.07, 6.45) is 0.779. The minimum Gasteiger partial charge on any atom is -0.492 e. The van der Waals surface area contributed by atoms with Crippen molar-refractivity contribution in [2.75, 3.05) is 0 Å². The highest BCUT2D eigenvalue weighted by Crippen LogP contribution is 2.71. The van der Waals surface area contributed by atoms with E-state index in [9.17, 15) is 32.5 Å². The monoisotopic (exact) mass is 455 g/mol. The predicted molar refractivity (Wildman–Crippen MR) is 92.1 cm³/mol. The van der Waals surface area contributed by atoms with E-state index < -0.39 is 51.0 Å². The first-order valence-corrected chi connectivity index (χ1v) is 11.3. The minimum atomic E-state index is -6.26. The predicted octanol–water partition coefficient (Wildman–Crippen LogP) is 2.17. The zero-order valence-electron chi connectivity index (χ0n) is 15.5. The lowest BCUT2D eigenvalue weighted by Gasteiger charge is -2.43. The average Bonchev–Trinajstić information content (AvgIpc) is 3.44. The van der Waals surface area contributed by atoms with Crippen LogP contribution in [0.15, 0.2) is 12.1 Å². The number of alkyl halides is 4. The minimum absolute atomic E-state index is 0.00107. The Bertz CT molecular complexity index is 962. The smallest absolute Gasteiger partial charge is 0.444 e. The number of fused-ring (bicyclic) bond motifs is 9. The number of aromatic hydroxyl groups is 2. The maximum atomic E-state index is 15.1. The second-order valence-electron chi connectivity index (χ2n) is 9.13. The van der Waals surface area contributed by atoms with Gasteiger partial charge in [-0.2, -0.15) is 26.0 Å².